The first-order chi connectivity index (χ1) is 12.4. The molecule has 2 saturated carbocycles. The molecule has 0 spiro atoms. The molecule has 4 rings (SSSR count). The molecule has 0 aromatic heterocycles. The fraction of sp³-hybridized carbons (Fsp3) is 0.667. The molecule has 2 heteroatoms. The molecule has 0 aliphatic heterocycles. The third-order valence-electron chi connectivity index (χ3n) is 7.80. The lowest BCUT2D eigenvalue weighted by Crippen LogP contribution is -2.30. The molecule has 26 heavy (non-hydrogen) atoms. The molecular formula is C24H38S2. The summed E-state index contributed by atoms with van der Waals surface area (Å²) in [6.07, 6.45) is 35.6. The predicted molar refractivity (Wildman–Crippen MR) is 125 cm³/mol. The predicted octanol–water partition coefficient (Wildman–Crippen LogP) is 6.16. The molecule has 0 nitrogen and oxygen atoms in total. The number of allylic oxidation sites excluding steroid dienone is 8. The van der Waals surface area contributed by atoms with Gasteiger partial charge in [0, 0.05) is 0 Å². The van der Waals surface area contributed by atoms with E-state index >= 15 is 0 Å². The van der Waals surface area contributed by atoms with Gasteiger partial charge in [0.15, 0.2) is 0 Å². The van der Waals surface area contributed by atoms with Crippen LogP contribution < -0.4 is 0 Å². The van der Waals surface area contributed by atoms with Crippen LogP contribution in [0.2, 0.25) is 0 Å². The molecule has 0 radical (unpaired) electrons. The van der Waals surface area contributed by atoms with Gasteiger partial charge in [0.1, 0.15) is 0 Å². The normalized spacial score (nSPS) is 39.8. The molecule has 0 saturated heterocycles. The summed E-state index contributed by atoms with van der Waals surface area (Å²) in [6, 6.07) is 0. The monoisotopic (exact) mass is 390 g/mol. The largest absolute Gasteiger partial charge is 0.243 e. The molecule has 0 N–H and O–H groups in total. The topological polar surface area (TPSA) is 0 Å². The smallest absolute Gasteiger partial charge is 0.00475 e. The molecule has 6 unspecified atom stereocenters. The van der Waals surface area contributed by atoms with Crippen LogP contribution in [0.15, 0.2) is 48.6 Å². The van der Waals surface area contributed by atoms with Crippen molar-refractivity contribution in [1.29, 1.82) is 0 Å². The highest BCUT2D eigenvalue weighted by atomic mass is 32.3. The maximum absolute atomic E-state index is 2.66. The number of fused-ring (bicyclic) bond motifs is 2. The Morgan fingerprint density at radius 3 is 1.38 bits per heavy atom. The van der Waals surface area contributed by atoms with Crippen LogP contribution >= 0.6 is 20.1 Å². The van der Waals surface area contributed by atoms with Crippen molar-refractivity contribution in [2.45, 2.75) is 36.2 Å². The van der Waals surface area contributed by atoms with Crippen LogP contribution in [0.1, 0.15) is 25.7 Å². The van der Waals surface area contributed by atoms with Crippen molar-refractivity contribution in [2.24, 2.45) is 23.7 Å². The zero-order valence-electron chi connectivity index (χ0n) is 17.1. The summed E-state index contributed by atoms with van der Waals surface area (Å²) in [5.41, 5.74) is 0. The summed E-state index contributed by atoms with van der Waals surface area (Å²) in [6.45, 7) is 0. The number of hydrogen-bond donors (Lipinski definition) is 0. The van der Waals surface area contributed by atoms with Gasteiger partial charge in [-0.1, -0.05) is 48.6 Å². The average molecular weight is 391 g/mol. The molecule has 6 atom stereocenters. The SMILES string of the molecule is CS(C)(CCS(C)(C)C1CCC2C=CC=CC21)C1CCC2C=CC=CC21. The molecule has 0 amide bonds. The van der Waals surface area contributed by atoms with Crippen molar-refractivity contribution in [3.8, 4) is 0 Å². The highest BCUT2D eigenvalue weighted by Gasteiger charge is 2.43. The van der Waals surface area contributed by atoms with Gasteiger partial charge in [-0.25, -0.2) is 20.1 Å². The standard InChI is InChI=1S/C24H38S2/c1-25(2,23-15-13-19-9-5-7-11-21(19)23)17-18-26(3,4)24-16-14-20-10-6-8-12-22(20)24/h5-12,19-24H,13-18H2,1-4H3. The summed E-state index contributed by atoms with van der Waals surface area (Å²) in [4.78, 5) is 0. The van der Waals surface area contributed by atoms with E-state index < -0.39 is 20.1 Å². The van der Waals surface area contributed by atoms with Crippen LogP contribution in [-0.2, 0) is 0 Å². The first kappa shape index (κ1) is 19.0. The maximum atomic E-state index is 2.66. The van der Waals surface area contributed by atoms with Gasteiger partial charge < -0.3 is 0 Å². The summed E-state index contributed by atoms with van der Waals surface area (Å²) in [5, 5.41) is 1.91. The zero-order chi connectivity index (χ0) is 18.4. The Labute approximate surface area is 164 Å². The van der Waals surface area contributed by atoms with E-state index in [1.807, 2.05) is 0 Å². The van der Waals surface area contributed by atoms with Crippen LogP contribution in [-0.4, -0.2) is 47.0 Å². The third-order valence-corrected chi connectivity index (χ3v) is 14.9. The minimum atomic E-state index is -0.519. The molecule has 0 heterocycles. The van der Waals surface area contributed by atoms with Gasteiger partial charge in [0.25, 0.3) is 0 Å². The summed E-state index contributed by atoms with van der Waals surface area (Å²) < 4.78 is 0. The second-order valence-electron chi connectivity index (χ2n) is 9.91. The Balaban J connectivity index is 1.41. The van der Waals surface area contributed by atoms with Gasteiger partial charge in [-0.2, -0.15) is 0 Å². The van der Waals surface area contributed by atoms with Crippen molar-refractivity contribution in [3.63, 3.8) is 0 Å². The fourth-order valence-corrected chi connectivity index (χ4v) is 13.9. The lowest BCUT2D eigenvalue weighted by Gasteiger charge is -2.47. The van der Waals surface area contributed by atoms with Crippen LogP contribution in [0, 0.1) is 23.7 Å². The van der Waals surface area contributed by atoms with E-state index in [9.17, 15) is 0 Å². The number of rotatable bonds is 5. The maximum Gasteiger partial charge on any atom is -0.00475 e. The Morgan fingerprint density at radius 1 is 0.577 bits per heavy atom. The summed E-state index contributed by atoms with van der Waals surface area (Å²) in [5.74, 6) is 6.34. The van der Waals surface area contributed by atoms with E-state index in [0.717, 1.165) is 34.2 Å². The minimum absolute atomic E-state index is 0.519. The highest BCUT2D eigenvalue weighted by Crippen LogP contribution is 2.62. The van der Waals surface area contributed by atoms with E-state index in [0.29, 0.717) is 0 Å². The lowest BCUT2D eigenvalue weighted by molar-refractivity contribution is 0.556. The zero-order valence-corrected chi connectivity index (χ0v) is 18.8. The van der Waals surface area contributed by atoms with Gasteiger partial charge >= 0.3 is 0 Å². The van der Waals surface area contributed by atoms with E-state index in [2.05, 4.69) is 73.6 Å². The Kier molecular flexibility index (Phi) is 5.29. The van der Waals surface area contributed by atoms with Crippen molar-refractivity contribution in [1.82, 2.24) is 0 Å². The fourth-order valence-electron chi connectivity index (χ4n) is 6.04. The van der Waals surface area contributed by atoms with Crippen molar-refractivity contribution in [2.75, 3.05) is 36.5 Å². The minimum Gasteiger partial charge on any atom is -0.243 e. The Hall–Kier alpha value is -0.340. The molecule has 0 aromatic carbocycles. The van der Waals surface area contributed by atoms with E-state index in [1.165, 1.54) is 37.2 Å². The van der Waals surface area contributed by atoms with Gasteiger partial charge in [0.2, 0.25) is 0 Å². The first-order valence-electron chi connectivity index (χ1n) is 10.5. The van der Waals surface area contributed by atoms with Crippen LogP contribution in [0.3, 0.4) is 0 Å². The average Bonchev–Trinajstić information content (AvgIpc) is 3.25. The molecule has 0 bridgehead atoms. The van der Waals surface area contributed by atoms with Crippen LogP contribution in [0.5, 0.6) is 0 Å². The molecule has 2 fully saturated rings. The van der Waals surface area contributed by atoms with E-state index in [1.54, 1.807) is 0 Å². The van der Waals surface area contributed by atoms with Gasteiger partial charge in [-0.3, -0.25) is 0 Å². The third kappa shape index (κ3) is 3.53. The Bertz CT molecular complexity index is 581. The van der Waals surface area contributed by atoms with Crippen LogP contribution in [0.25, 0.3) is 0 Å². The van der Waals surface area contributed by atoms with Crippen molar-refractivity contribution in [3.05, 3.63) is 48.6 Å². The molecule has 4 aliphatic rings. The van der Waals surface area contributed by atoms with E-state index in [4.69, 9.17) is 0 Å². The van der Waals surface area contributed by atoms with Crippen molar-refractivity contribution >= 4 is 20.1 Å². The Morgan fingerprint density at radius 2 is 0.962 bits per heavy atom. The molecule has 0 aromatic rings. The quantitative estimate of drug-likeness (QED) is 0.527. The van der Waals surface area contributed by atoms with E-state index in [-0.39, 0.29) is 0 Å². The highest BCUT2D eigenvalue weighted by molar-refractivity contribution is 8.36. The molecule has 4 aliphatic carbocycles. The lowest BCUT2D eigenvalue weighted by atomic mass is 9.92. The van der Waals surface area contributed by atoms with Crippen molar-refractivity contribution < 1.29 is 0 Å². The second kappa shape index (κ2) is 7.24. The number of hydrogen-bond acceptors (Lipinski definition) is 0. The van der Waals surface area contributed by atoms with Gasteiger partial charge in [0.05, 0.1) is 0 Å². The molecule has 146 valence electrons. The summed E-state index contributed by atoms with van der Waals surface area (Å²) in [7, 11) is -1.04. The van der Waals surface area contributed by atoms with Gasteiger partial charge in [-0.05, 0) is 96.4 Å². The molecular weight excluding hydrogens is 352 g/mol. The first-order valence-corrected chi connectivity index (χ1v) is 15.8. The van der Waals surface area contributed by atoms with Crippen LogP contribution in [0.4, 0.5) is 0 Å². The van der Waals surface area contributed by atoms with Gasteiger partial charge in [-0.15, -0.1) is 0 Å². The summed E-state index contributed by atoms with van der Waals surface area (Å²) >= 11 is 0. The second-order valence-corrected chi connectivity index (χ2v) is 18.4.